The standard InChI is InChI=1S/C14H13F4N3/c15-13-10(4-1-5-11(13)14(16,17)18)12(21-19)7-9-3-2-6-20-8-9/h1-6,8,12,21H,7,19H2. The molecule has 0 amide bonds. The molecule has 2 rings (SSSR count). The fourth-order valence-corrected chi connectivity index (χ4v) is 2.05. The summed E-state index contributed by atoms with van der Waals surface area (Å²) in [7, 11) is 0. The zero-order valence-electron chi connectivity index (χ0n) is 10.9. The number of halogens is 4. The fraction of sp³-hybridized carbons (Fsp3) is 0.214. The molecular weight excluding hydrogens is 286 g/mol. The van der Waals surface area contributed by atoms with Crippen molar-refractivity contribution in [3.05, 3.63) is 65.2 Å². The lowest BCUT2D eigenvalue weighted by molar-refractivity contribution is -0.140. The summed E-state index contributed by atoms with van der Waals surface area (Å²) in [6.45, 7) is 0. The Balaban J connectivity index is 2.35. The van der Waals surface area contributed by atoms with Crippen LogP contribution in [0.4, 0.5) is 17.6 Å². The molecular formula is C14H13F4N3. The van der Waals surface area contributed by atoms with Crippen LogP contribution in [0.2, 0.25) is 0 Å². The quantitative estimate of drug-likeness (QED) is 0.518. The minimum absolute atomic E-state index is 0.129. The van der Waals surface area contributed by atoms with E-state index in [0.717, 1.165) is 11.6 Å². The molecule has 112 valence electrons. The SMILES string of the molecule is NNC(Cc1cccnc1)c1cccc(C(F)(F)F)c1F. The van der Waals surface area contributed by atoms with Gasteiger partial charge in [-0.05, 0) is 24.1 Å². The van der Waals surface area contributed by atoms with E-state index in [0.29, 0.717) is 6.07 Å². The first-order chi connectivity index (χ1) is 9.93. The highest BCUT2D eigenvalue weighted by molar-refractivity contribution is 5.31. The van der Waals surface area contributed by atoms with Crippen LogP contribution in [0.5, 0.6) is 0 Å². The minimum atomic E-state index is -4.74. The highest BCUT2D eigenvalue weighted by atomic mass is 19.4. The van der Waals surface area contributed by atoms with E-state index in [2.05, 4.69) is 10.4 Å². The van der Waals surface area contributed by atoms with Gasteiger partial charge < -0.3 is 0 Å². The molecule has 0 radical (unpaired) electrons. The zero-order valence-corrected chi connectivity index (χ0v) is 10.9. The van der Waals surface area contributed by atoms with Crippen molar-refractivity contribution in [3.8, 4) is 0 Å². The molecule has 2 aromatic rings. The first kappa shape index (κ1) is 15.4. The third-order valence-electron chi connectivity index (χ3n) is 3.07. The molecule has 0 bridgehead atoms. The first-order valence-electron chi connectivity index (χ1n) is 6.14. The van der Waals surface area contributed by atoms with Gasteiger partial charge in [0.05, 0.1) is 11.6 Å². The van der Waals surface area contributed by atoms with Crippen LogP contribution in [0.25, 0.3) is 0 Å². The molecule has 0 spiro atoms. The topological polar surface area (TPSA) is 50.9 Å². The molecule has 0 saturated carbocycles. The molecule has 0 saturated heterocycles. The Morgan fingerprint density at radius 2 is 1.95 bits per heavy atom. The van der Waals surface area contributed by atoms with Gasteiger partial charge in [-0.15, -0.1) is 0 Å². The van der Waals surface area contributed by atoms with Gasteiger partial charge >= 0.3 is 6.18 Å². The number of alkyl halides is 3. The van der Waals surface area contributed by atoms with Gasteiger partial charge in [0.1, 0.15) is 5.82 Å². The monoisotopic (exact) mass is 299 g/mol. The van der Waals surface area contributed by atoms with E-state index >= 15 is 0 Å². The second kappa shape index (κ2) is 6.19. The Hall–Kier alpha value is -1.99. The summed E-state index contributed by atoms with van der Waals surface area (Å²) in [6.07, 6.45) is -1.40. The molecule has 0 aliphatic rings. The van der Waals surface area contributed by atoms with E-state index in [4.69, 9.17) is 5.84 Å². The normalized spacial score (nSPS) is 13.2. The average molecular weight is 299 g/mol. The van der Waals surface area contributed by atoms with Crippen LogP contribution in [0, 0.1) is 5.82 Å². The molecule has 1 aromatic carbocycles. The number of benzene rings is 1. The number of hydrogen-bond acceptors (Lipinski definition) is 3. The second-order valence-electron chi connectivity index (χ2n) is 4.49. The number of nitrogens with two attached hydrogens (primary N) is 1. The lowest BCUT2D eigenvalue weighted by atomic mass is 9.97. The van der Waals surface area contributed by atoms with Crippen LogP contribution in [-0.2, 0) is 12.6 Å². The molecule has 1 atom stereocenters. The molecule has 3 nitrogen and oxygen atoms in total. The van der Waals surface area contributed by atoms with E-state index in [1.54, 1.807) is 24.5 Å². The minimum Gasteiger partial charge on any atom is -0.271 e. The molecule has 0 aliphatic carbocycles. The third-order valence-corrected chi connectivity index (χ3v) is 3.07. The van der Waals surface area contributed by atoms with Crippen molar-refractivity contribution in [1.82, 2.24) is 10.4 Å². The van der Waals surface area contributed by atoms with Gasteiger partial charge in [0, 0.05) is 18.0 Å². The fourth-order valence-electron chi connectivity index (χ4n) is 2.05. The van der Waals surface area contributed by atoms with Gasteiger partial charge in [0.25, 0.3) is 0 Å². The maximum Gasteiger partial charge on any atom is 0.419 e. The lowest BCUT2D eigenvalue weighted by Gasteiger charge is -2.19. The lowest BCUT2D eigenvalue weighted by Crippen LogP contribution is -2.30. The Bertz CT molecular complexity index is 599. The number of nitrogens with one attached hydrogen (secondary N) is 1. The summed E-state index contributed by atoms with van der Waals surface area (Å²) in [6, 6.07) is 5.79. The first-order valence-corrected chi connectivity index (χ1v) is 6.14. The smallest absolute Gasteiger partial charge is 0.271 e. The van der Waals surface area contributed by atoms with Crippen LogP contribution >= 0.6 is 0 Å². The van der Waals surface area contributed by atoms with Crippen LogP contribution < -0.4 is 11.3 Å². The van der Waals surface area contributed by atoms with Crippen molar-refractivity contribution < 1.29 is 17.6 Å². The Morgan fingerprint density at radius 1 is 1.19 bits per heavy atom. The second-order valence-corrected chi connectivity index (χ2v) is 4.49. The number of pyridine rings is 1. The van der Waals surface area contributed by atoms with E-state index in [1.807, 2.05) is 0 Å². The van der Waals surface area contributed by atoms with Crippen LogP contribution in [0.1, 0.15) is 22.7 Å². The number of nitrogens with zero attached hydrogens (tertiary/aromatic N) is 1. The molecule has 1 aromatic heterocycles. The van der Waals surface area contributed by atoms with E-state index < -0.39 is 23.6 Å². The largest absolute Gasteiger partial charge is 0.419 e. The summed E-state index contributed by atoms with van der Waals surface area (Å²) >= 11 is 0. The molecule has 0 aliphatic heterocycles. The summed E-state index contributed by atoms with van der Waals surface area (Å²) in [4.78, 5) is 3.90. The Labute approximate surface area is 118 Å². The highest BCUT2D eigenvalue weighted by Crippen LogP contribution is 2.34. The van der Waals surface area contributed by atoms with E-state index in [1.165, 1.54) is 6.07 Å². The summed E-state index contributed by atoms with van der Waals surface area (Å²) in [5.41, 5.74) is 1.66. The molecule has 3 N–H and O–H groups in total. The van der Waals surface area contributed by atoms with Crippen LogP contribution in [-0.4, -0.2) is 4.98 Å². The molecule has 0 fully saturated rings. The van der Waals surface area contributed by atoms with E-state index in [9.17, 15) is 17.6 Å². The summed E-state index contributed by atoms with van der Waals surface area (Å²) in [5, 5.41) is 0. The molecule has 1 heterocycles. The van der Waals surface area contributed by atoms with Crippen LogP contribution in [0.15, 0.2) is 42.7 Å². The van der Waals surface area contributed by atoms with Crippen LogP contribution in [0.3, 0.4) is 0 Å². The van der Waals surface area contributed by atoms with Gasteiger partial charge in [-0.25, -0.2) is 4.39 Å². The Morgan fingerprint density at radius 3 is 2.52 bits per heavy atom. The zero-order chi connectivity index (χ0) is 15.5. The number of hydrogen-bond donors (Lipinski definition) is 2. The van der Waals surface area contributed by atoms with Crippen molar-refractivity contribution in [2.24, 2.45) is 5.84 Å². The predicted octanol–water partition coefficient (Wildman–Crippen LogP) is 2.99. The van der Waals surface area contributed by atoms with Crippen molar-refractivity contribution >= 4 is 0 Å². The number of rotatable bonds is 4. The van der Waals surface area contributed by atoms with Gasteiger partial charge in [-0.1, -0.05) is 18.2 Å². The third kappa shape index (κ3) is 3.56. The summed E-state index contributed by atoms with van der Waals surface area (Å²) < 4.78 is 52.2. The highest BCUT2D eigenvalue weighted by Gasteiger charge is 2.35. The summed E-state index contributed by atoms with van der Waals surface area (Å²) in [5.74, 6) is 4.05. The van der Waals surface area contributed by atoms with Gasteiger partial charge in [0.2, 0.25) is 0 Å². The van der Waals surface area contributed by atoms with Gasteiger partial charge in [-0.2, -0.15) is 13.2 Å². The number of hydrazine groups is 1. The molecule has 1 unspecified atom stereocenters. The van der Waals surface area contributed by atoms with E-state index in [-0.39, 0.29) is 12.0 Å². The van der Waals surface area contributed by atoms with Crippen molar-refractivity contribution in [2.75, 3.05) is 0 Å². The van der Waals surface area contributed by atoms with Crippen molar-refractivity contribution in [1.29, 1.82) is 0 Å². The average Bonchev–Trinajstić information content (AvgIpc) is 2.45. The maximum absolute atomic E-state index is 14.1. The van der Waals surface area contributed by atoms with Crippen molar-refractivity contribution in [3.63, 3.8) is 0 Å². The predicted molar refractivity (Wildman–Crippen MR) is 69.4 cm³/mol. The number of aromatic nitrogens is 1. The van der Waals surface area contributed by atoms with Gasteiger partial charge in [-0.3, -0.25) is 16.3 Å². The van der Waals surface area contributed by atoms with Gasteiger partial charge in [0.15, 0.2) is 0 Å². The molecule has 7 heteroatoms. The maximum atomic E-state index is 14.1. The Kier molecular flexibility index (Phi) is 4.54. The molecule has 21 heavy (non-hydrogen) atoms. The van der Waals surface area contributed by atoms with Crippen molar-refractivity contribution in [2.45, 2.75) is 18.6 Å².